The van der Waals surface area contributed by atoms with E-state index in [-0.39, 0.29) is 16.9 Å². The molecule has 0 fully saturated rings. The Morgan fingerprint density at radius 1 is 1.21 bits per heavy atom. The van der Waals surface area contributed by atoms with E-state index < -0.39 is 0 Å². The molecule has 0 heterocycles. The lowest BCUT2D eigenvalue weighted by Gasteiger charge is -2.16. The molecule has 0 spiro atoms. The second kappa shape index (κ2) is 5.93. The highest BCUT2D eigenvalue weighted by molar-refractivity contribution is 9.10. The molecule has 2 aromatic carbocycles. The predicted octanol–water partition coefficient (Wildman–Crippen LogP) is 5.72. The molecular formula is C15H14BrClFN. The smallest absolute Gasteiger partial charge is 0.142 e. The zero-order valence-corrected chi connectivity index (χ0v) is 13.0. The second-order valence-corrected chi connectivity index (χ2v) is 5.77. The first-order valence-corrected chi connectivity index (χ1v) is 7.12. The number of anilines is 1. The maximum Gasteiger partial charge on any atom is 0.142 e. The van der Waals surface area contributed by atoms with E-state index >= 15 is 0 Å². The molecule has 0 aliphatic carbocycles. The predicted molar refractivity (Wildman–Crippen MR) is 82.3 cm³/mol. The number of hydrogen-bond donors (Lipinski definition) is 1. The Bertz CT molecular complexity index is 601. The first-order chi connectivity index (χ1) is 8.97. The van der Waals surface area contributed by atoms with Crippen LogP contribution in [-0.4, -0.2) is 0 Å². The van der Waals surface area contributed by atoms with Crippen molar-refractivity contribution in [2.75, 3.05) is 5.32 Å². The summed E-state index contributed by atoms with van der Waals surface area (Å²) in [6.07, 6.45) is 0. The first kappa shape index (κ1) is 14.4. The highest BCUT2D eigenvalue weighted by Crippen LogP contribution is 2.25. The van der Waals surface area contributed by atoms with E-state index in [1.807, 2.05) is 38.1 Å². The van der Waals surface area contributed by atoms with Gasteiger partial charge in [-0.15, -0.1) is 0 Å². The second-order valence-electron chi connectivity index (χ2n) is 4.50. The van der Waals surface area contributed by atoms with Crippen molar-refractivity contribution in [2.24, 2.45) is 0 Å². The van der Waals surface area contributed by atoms with Crippen LogP contribution >= 0.6 is 27.5 Å². The summed E-state index contributed by atoms with van der Waals surface area (Å²) in [5, 5.41) is 3.49. The molecule has 0 saturated carbocycles. The molecule has 0 aromatic heterocycles. The average Bonchev–Trinajstić information content (AvgIpc) is 2.37. The third-order valence-electron chi connectivity index (χ3n) is 2.98. The van der Waals surface area contributed by atoms with Gasteiger partial charge in [0.05, 0.1) is 5.02 Å². The molecule has 100 valence electrons. The fourth-order valence-corrected chi connectivity index (χ4v) is 2.21. The van der Waals surface area contributed by atoms with Crippen LogP contribution < -0.4 is 5.32 Å². The maximum absolute atomic E-state index is 13.4. The molecule has 1 unspecified atom stereocenters. The van der Waals surface area contributed by atoms with Gasteiger partial charge in [0, 0.05) is 16.2 Å². The van der Waals surface area contributed by atoms with E-state index in [9.17, 15) is 4.39 Å². The minimum absolute atomic E-state index is 0.00680. The van der Waals surface area contributed by atoms with Crippen molar-refractivity contribution in [1.82, 2.24) is 0 Å². The number of nitrogens with one attached hydrogen (secondary N) is 1. The monoisotopic (exact) mass is 341 g/mol. The minimum Gasteiger partial charge on any atom is -0.379 e. The van der Waals surface area contributed by atoms with Gasteiger partial charge in [0.25, 0.3) is 0 Å². The summed E-state index contributed by atoms with van der Waals surface area (Å²) >= 11 is 9.15. The fraction of sp³-hybridized carbons (Fsp3) is 0.200. The molecule has 0 aliphatic rings. The fourth-order valence-electron chi connectivity index (χ4n) is 1.85. The molecular weight excluding hydrogens is 329 g/mol. The normalized spacial score (nSPS) is 12.3. The van der Waals surface area contributed by atoms with Gasteiger partial charge >= 0.3 is 0 Å². The quantitative estimate of drug-likeness (QED) is 0.752. The Kier molecular flexibility index (Phi) is 4.48. The third-order valence-corrected chi connectivity index (χ3v) is 4.18. The van der Waals surface area contributed by atoms with Crippen LogP contribution in [0.5, 0.6) is 0 Å². The van der Waals surface area contributed by atoms with E-state index in [0.29, 0.717) is 0 Å². The number of aryl methyl sites for hydroxylation is 1. The Labute approximate surface area is 125 Å². The van der Waals surface area contributed by atoms with Gasteiger partial charge in [0.2, 0.25) is 0 Å². The average molecular weight is 343 g/mol. The van der Waals surface area contributed by atoms with Gasteiger partial charge in [-0.3, -0.25) is 0 Å². The van der Waals surface area contributed by atoms with Gasteiger partial charge in [-0.2, -0.15) is 0 Å². The van der Waals surface area contributed by atoms with Crippen LogP contribution in [0.4, 0.5) is 10.1 Å². The van der Waals surface area contributed by atoms with Crippen LogP contribution in [0.25, 0.3) is 0 Å². The standard InChI is InChI=1S/C15H14BrClFN/c1-9-7-12(4-5-13(9)16)19-10(2)11-3-6-14(17)15(18)8-11/h3-8,10,19H,1-2H3. The summed E-state index contributed by atoms with van der Waals surface area (Å²) in [6, 6.07) is 10.9. The van der Waals surface area contributed by atoms with Gasteiger partial charge < -0.3 is 5.32 Å². The van der Waals surface area contributed by atoms with Crippen molar-refractivity contribution in [3.63, 3.8) is 0 Å². The Morgan fingerprint density at radius 2 is 1.95 bits per heavy atom. The SMILES string of the molecule is Cc1cc(NC(C)c2ccc(Cl)c(F)c2)ccc1Br. The van der Waals surface area contributed by atoms with Crippen LogP contribution in [0.2, 0.25) is 5.02 Å². The van der Waals surface area contributed by atoms with Crippen molar-refractivity contribution in [3.05, 3.63) is 62.8 Å². The zero-order chi connectivity index (χ0) is 14.0. The lowest BCUT2D eigenvalue weighted by molar-refractivity contribution is 0.624. The van der Waals surface area contributed by atoms with E-state index in [0.717, 1.165) is 21.3 Å². The van der Waals surface area contributed by atoms with E-state index in [4.69, 9.17) is 11.6 Å². The lowest BCUT2D eigenvalue weighted by atomic mass is 10.1. The molecule has 0 bridgehead atoms. The van der Waals surface area contributed by atoms with E-state index in [1.165, 1.54) is 6.07 Å². The third kappa shape index (κ3) is 3.48. The first-order valence-electron chi connectivity index (χ1n) is 5.95. The van der Waals surface area contributed by atoms with E-state index in [1.54, 1.807) is 6.07 Å². The van der Waals surface area contributed by atoms with Crippen LogP contribution in [0.15, 0.2) is 40.9 Å². The van der Waals surface area contributed by atoms with Crippen molar-refractivity contribution in [1.29, 1.82) is 0 Å². The summed E-state index contributed by atoms with van der Waals surface area (Å²) < 4.78 is 14.5. The lowest BCUT2D eigenvalue weighted by Crippen LogP contribution is -2.07. The summed E-state index contributed by atoms with van der Waals surface area (Å²) in [5.74, 6) is -0.389. The summed E-state index contributed by atoms with van der Waals surface area (Å²) in [6.45, 7) is 4.02. The largest absolute Gasteiger partial charge is 0.379 e. The van der Waals surface area contributed by atoms with Crippen molar-refractivity contribution >= 4 is 33.2 Å². The highest BCUT2D eigenvalue weighted by atomic mass is 79.9. The molecule has 19 heavy (non-hydrogen) atoms. The Balaban J connectivity index is 2.17. The summed E-state index contributed by atoms with van der Waals surface area (Å²) in [5.41, 5.74) is 3.02. The molecule has 1 nitrogen and oxygen atoms in total. The zero-order valence-electron chi connectivity index (χ0n) is 10.7. The number of hydrogen-bond acceptors (Lipinski definition) is 1. The highest BCUT2D eigenvalue weighted by Gasteiger charge is 2.09. The van der Waals surface area contributed by atoms with Crippen LogP contribution in [-0.2, 0) is 0 Å². The minimum atomic E-state index is -0.389. The molecule has 1 atom stereocenters. The van der Waals surface area contributed by atoms with Crippen molar-refractivity contribution in [3.8, 4) is 0 Å². The van der Waals surface area contributed by atoms with Crippen LogP contribution in [0.1, 0.15) is 24.1 Å². The van der Waals surface area contributed by atoms with Crippen molar-refractivity contribution < 1.29 is 4.39 Å². The van der Waals surface area contributed by atoms with Crippen LogP contribution in [0.3, 0.4) is 0 Å². The van der Waals surface area contributed by atoms with Gasteiger partial charge in [0.1, 0.15) is 5.82 Å². The molecule has 2 aromatic rings. The van der Waals surface area contributed by atoms with Gasteiger partial charge in [-0.25, -0.2) is 4.39 Å². The van der Waals surface area contributed by atoms with Gasteiger partial charge in [-0.05, 0) is 55.3 Å². The molecule has 0 radical (unpaired) electrons. The molecule has 1 N–H and O–H groups in total. The Morgan fingerprint density at radius 3 is 2.58 bits per heavy atom. The topological polar surface area (TPSA) is 12.0 Å². The molecule has 0 amide bonds. The van der Waals surface area contributed by atoms with Crippen LogP contribution in [0, 0.1) is 12.7 Å². The Hall–Kier alpha value is -1.06. The number of benzene rings is 2. The van der Waals surface area contributed by atoms with E-state index in [2.05, 4.69) is 21.2 Å². The number of halogens is 3. The summed E-state index contributed by atoms with van der Waals surface area (Å²) in [4.78, 5) is 0. The van der Waals surface area contributed by atoms with Gasteiger partial charge in [0.15, 0.2) is 0 Å². The molecule has 2 rings (SSSR count). The molecule has 0 aliphatic heterocycles. The molecule has 4 heteroatoms. The maximum atomic E-state index is 13.4. The molecule has 0 saturated heterocycles. The van der Waals surface area contributed by atoms with Gasteiger partial charge in [-0.1, -0.05) is 33.6 Å². The number of rotatable bonds is 3. The summed E-state index contributed by atoms with van der Waals surface area (Å²) in [7, 11) is 0. The van der Waals surface area contributed by atoms with Crippen molar-refractivity contribution in [2.45, 2.75) is 19.9 Å².